The van der Waals surface area contributed by atoms with E-state index in [9.17, 15) is 14.4 Å². The maximum atomic E-state index is 13.3. The van der Waals surface area contributed by atoms with E-state index >= 15 is 0 Å². The topological polar surface area (TPSA) is 115 Å². The molecule has 224 valence electrons. The van der Waals surface area contributed by atoms with Gasteiger partial charge in [-0.3, -0.25) is 14.4 Å². The average Bonchev–Trinajstić information content (AvgIpc) is 3.40. The summed E-state index contributed by atoms with van der Waals surface area (Å²) in [5, 5.41) is 4.78. The number of rotatable bonds is 6. The first-order chi connectivity index (χ1) is 21.1. The molecule has 0 saturated carbocycles. The molecule has 44 heavy (non-hydrogen) atoms. The van der Waals surface area contributed by atoms with Crippen LogP contribution in [0.4, 0.5) is 11.4 Å². The highest BCUT2D eigenvalue weighted by atomic mass is 16.2. The molecule has 1 saturated heterocycles. The number of nitrogens with two attached hydrogens (primary N) is 1. The van der Waals surface area contributed by atoms with Crippen molar-refractivity contribution in [3.05, 3.63) is 95.1 Å². The van der Waals surface area contributed by atoms with Crippen molar-refractivity contribution in [3.8, 4) is 11.1 Å². The molecule has 2 heterocycles. The molecular weight excluding hydrogens is 552 g/mol. The molecule has 0 spiro atoms. The zero-order valence-electron chi connectivity index (χ0n) is 25.4. The number of carbonyl (C=O) groups excluding carboxylic acids is 3. The number of aromatic amines is 1. The van der Waals surface area contributed by atoms with E-state index < -0.39 is 5.91 Å². The van der Waals surface area contributed by atoms with Crippen LogP contribution in [0.1, 0.15) is 36.6 Å². The summed E-state index contributed by atoms with van der Waals surface area (Å²) in [7, 11) is 5.97. The zero-order valence-corrected chi connectivity index (χ0v) is 25.4. The lowest BCUT2D eigenvalue weighted by molar-refractivity contribution is 0.0664. The minimum absolute atomic E-state index is 0.00959. The highest BCUT2D eigenvalue weighted by Gasteiger charge is 2.23. The first-order valence-electron chi connectivity index (χ1n) is 14.7. The van der Waals surface area contributed by atoms with Crippen LogP contribution >= 0.6 is 0 Å². The van der Waals surface area contributed by atoms with E-state index in [2.05, 4.69) is 22.2 Å². The van der Waals surface area contributed by atoms with Crippen LogP contribution in [0.25, 0.3) is 32.9 Å². The second kappa shape index (κ2) is 11.5. The summed E-state index contributed by atoms with van der Waals surface area (Å²) in [4.78, 5) is 48.4. The summed E-state index contributed by atoms with van der Waals surface area (Å²) >= 11 is 0. The number of fused-ring (bicyclic) bond motifs is 3. The van der Waals surface area contributed by atoms with Crippen molar-refractivity contribution in [2.24, 2.45) is 5.73 Å². The molecule has 5 aromatic rings. The Hall–Kier alpha value is -5.15. The fraction of sp³-hybridized carbons (Fsp3) is 0.229. The summed E-state index contributed by atoms with van der Waals surface area (Å²) in [6, 6.07) is 22.5. The number of primary amides is 1. The Balaban J connectivity index is 1.40. The SMILES string of the molecule is Cc1c(NC(=O)c2ccc(N(C)C)cc2)cccc1-c1ccc(C(N)=O)c2[nH]c3cc(C(=O)N4CCN(C)CC4)ccc3c12. The van der Waals surface area contributed by atoms with E-state index in [0.29, 0.717) is 41.0 Å². The minimum Gasteiger partial charge on any atom is -0.378 e. The number of amides is 3. The number of nitrogens with one attached hydrogen (secondary N) is 2. The smallest absolute Gasteiger partial charge is 0.255 e. The van der Waals surface area contributed by atoms with E-state index in [1.807, 2.05) is 97.5 Å². The van der Waals surface area contributed by atoms with Gasteiger partial charge >= 0.3 is 0 Å². The van der Waals surface area contributed by atoms with E-state index in [1.54, 1.807) is 6.07 Å². The normalized spacial score (nSPS) is 13.8. The molecule has 1 fully saturated rings. The third-order valence-electron chi connectivity index (χ3n) is 8.57. The maximum absolute atomic E-state index is 13.3. The van der Waals surface area contributed by atoms with E-state index in [1.165, 1.54) is 0 Å². The Labute approximate surface area is 256 Å². The van der Waals surface area contributed by atoms with Crippen LogP contribution < -0.4 is 16.0 Å². The van der Waals surface area contributed by atoms with Crippen molar-refractivity contribution in [1.82, 2.24) is 14.8 Å². The summed E-state index contributed by atoms with van der Waals surface area (Å²) in [6.07, 6.45) is 0. The number of carbonyl (C=O) groups is 3. The van der Waals surface area contributed by atoms with Crippen LogP contribution in [0, 0.1) is 6.92 Å². The van der Waals surface area contributed by atoms with E-state index in [0.717, 1.165) is 51.8 Å². The second-order valence-electron chi connectivity index (χ2n) is 11.6. The number of anilines is 2. The van der Waals surface area contributed by atoms with Crippen LogP contribution in [0.3, 0.4) is 0 Å². The van der Waals surface area contributed by atoms with Crippen LogP contribution in [0.5, 0.6) is 0 Å². The average molecular weight is 589 g/mol. The van der Waals surface area contributed by atoms with Crippen LogP contribution in [0.15, 0.2) is 72.8 Å². The number of piperazine rings is 1. The van der Waals surface area contributed by atoms with Gasteiger partial charge in [0, 0.05) is 79.1 Å². The molecule has 0 unspecified atom stereocenters. The predicted molar refractivity (Wildman–Crippen MR) is 177 cm³/mol. The number of hydrogen-bond acceptors (Lipinski definition) is 5. The summed E-state index contributed by atoms with van der Waals surface area (Å²) < 4.78 is 0. The molecule has 0 atom stereocenters. The van der Waals surface area contributed by atoms with E-state index in [-0.39, 0.29) is 11.8 Å². The molecule has 3 amide bonds. The van der Waals surface area contributed by atoms with Crippen molar-refractivity contribution in [2.45, 2.75) is 6.92 Å². The molecule has 0 bridgehead atoms. The molecule has 9 heteroatoms. The van der Waals surface area contributed by atoms with Crippen molar-refractivity contribution in [1.29, 1.82) is 0 Å². The van der Waals surface area contributed by atoms with Gasteiger partial charge in [-0.2, -0.15) is 0 Å². The molecule has 1 aromatic heterocycles. The largest absolute Gasteiger partial charge is 0.378 e. The Morgan fingerprint density at radius 2 is 1.57 bits per heavy atom. The number of likely N-dealkylation sites (N-methyl/N-ethyl adjacent to an activating group) is 1. The van der Waals surface area contributed by atoms with Gasteiger partial charge in [0.1, 0.15) is 0 Å². The highest BCUT2D eigenvalue weighted by Crippen LogP contribution is 2.39. The Morgan fingerprint density at radius 3 is 2.25 bits per heavy atom. The second-order valence-corrected chi connectivity index (χ2v) is 11.6. The molecular formula is C35H36N6O3. The Bertz CT molecular complexity index is 1920. The molecule has 0 aliphatic carbocycles. The van der Waals surface area contributed by atoms with Crippen molar-refractivity contribution < 1.29 is 14.4 Å². The quantitative estimate of drug-likeness (QED) is 0.255. The van der Waals surface area contributed by atoms with Gasteiger partial charge < -0.3 is 30.7 Å². The third-order valence-corrected chi connectivity index (χ3v) is 8.57. The lowest BCUT2D eigenvalue weighted by atomic mass is 9.93. The van der Waals surface area contributed by atoms with Gasteiger partial charge in [0.25, 0.3) is 17.7 Å². The third kappa shape index (κ3) is 5.26. The lowest BCUT2D eigenvalue weighted by Gasteiger charge is -2.32. The predicted octanol–water partition coefficient (Wildman–Crippen LogP) is 5.10. The summed E-state index contributed by atoms with van der Waals surface area (Å²) in [5.41, 5.74) is 13.1. The first-order valence-corrected chi connectivity index (χ1v) is 14.7. The Kier molecular flexibility index (Phi) is 7.57. The Morgan fingerprint density at radius 1 is 0.864 bits per heavy atom. The number of H-pyrrole nitrogens is 1. The minimum atomic E-state index is -0.542. The van der Waals surface area contributed by atoms with Crippen molar-refractivity contribution in [3.63, 3.8) is 0 Å². The van der Waals surface area contributed by atoms with Crippen molar-refractivity contribution in [2.75, 3.05) is 57.5 Å². The maximum Gasteiger partial charge on any atom is 0.255 e. The van der Waals surface area contributed by atoms with Gasteiger partial charge in [-0.15, -0.1) is 0 Å². The molecule has 4 N–H and O–H groups in total. The van der Waals surface area contributed by atoms with Crippen LogP contribution in [-0.2, 0) is 0 Å². The molecule has 4 aromatic carbocycles. The molecule has 0 radical (unpaired) electrons. The highest BCUT2D eigenvalue weighted by molar-refractivity contribution is 6.20. The van der Waals surface area contributed by atoms with Gasteiger partial charge in [0.2, 0.25) is 0 Å². The van der Waals surface area contributed by atoms with Gasteiger partial charge in [-0.25, -0.2) is 0 Å². The van der Waals surface area contributed by atoms with Crippen LogP contribution in [0.2, 0.25) is 0 Å². The van der Waals surface area contributed by atoms with Gasteiger partial charge in [-0.1, -0.05) is 24.3 Å². The van der Waals surface area contributed by atoms with Crippen LogP contribution in [-0.4, -0.2) is 79.8 Å². The van der Waals surface area contributed by atoms with Gasteiger partial charge in [0.15, 0.2) is 0 Å². The standard InChI is InChI=1S/C35H36N6O3/c1-21-25(6-5-7-29(21)38-34(43)22-8-11-24(12-9-22)39(2)3)26-14-15-28(33(36)42)32-31(26)27-13-10-23(20-30(27)37-32)35(44)41-18-16-40(4)17-19-41/h5-15,20,37H,16-19H2,1-4H3,(H2,36,42)(H,38,43). The number of aromatic nitrogens is 1. The number of benzene rings is 4. The summed E-state index contributed by atoms with van der Waals surface area (Å²) in [6.45, 7) is 5.02. The fourth-order valence-electron chi connectivity index (χ4n) is 5.94. The lowest BCUT2D eigenvalue weighted by Crippen LogP contribution is -2.47. The number of nitrogens with zero attached hydrogens (tertiary/aromatic N) is 3. The molecule has 1 aliphatic heterocycles. The van der Waals surface area contributed by atoms with Crippen molar-refractivity contribution >= 4 is 50.9 Å². The zero-order chi connectivity index (χ0) is 31.1. The van der Waals surface area contributed by atoms with E-state index in [4.69, 9.17) is 5.73 Å². The van der Waals surface area contributed by atoms with Gasteiger partial charge in [0.05, 0.1) is 11.1 Å². The number of hydrogen-bond donors (Lipinski definition) is 3. The molecule has 9 nitrogen and oxygen atoms in total. The first kappa shape index (κ1) is 28.9. The molecule has 6 rings (SSSR count). The van der Waals surface area contributed by atoms with Gasteiger partial charge in [-0.05, 0) is 79.2 Å². The monoisotopic (exact) mass is 588 g/mol. The fourth-order valence-corrected chi connectivity index (χ4v) is 5.94. The summed E-state index contributed by atoms with van der Waals surface area (Å²) in [5.74, 6) is -0.751. The molecule has 1 aliphatic rings.